The highest BCUT2D eigenvalue weighted by molar-refractivity contribution is 5.98. The van der Waals surface area contributed by atoms with E-state index in [0.717, 1.165) is 81.2 Å². The first-order valence-electron chi connectivity index (χ1n) is 14.3. The SMILES string of the molecule is CCC[C@@H]1NC2=C(CCC=C2)[C@H]2[C@@H]1CCN2C(=O)[C@H]1CCCC[C@H]1NC(=O)c1ccc2nc(C)[nH]c2c1. The topological polar surface area (TPSA) is 90.1 Å². The molecule has 2 fully saturated rings. The lowest BCUT2D eigenvalue weighted by Gasteiger charge is -2.43. The molecule has 5 atom stereocenters. The molecule has 6 rings (SSSR count). The summed E-state index contributed by atoms with van der Waals surface area (Å²) in [6.45, 7) is 4.98. The van der Waals surface area contributed by atoms with Crippen LogP contribution in [0, 0.1) is 18.8 Å². The van der Waals surface area contributed by atoms with E-state index >= 15 is 0 Å². The van der Waals surface area contributed by atoms with E-state index in [2.05, 4.69) is 44.6 Å². The summed E-state index contributed by atoms with van der Waals surface area (Å²) in [5.74, 6) is 1.30. The molecule has 3 heterocycles. The predicted molar refractivity (Wildman–Crippen MR) is 145 cm³/mol. The molecule has 2 aromatic rings. The smallest absolute Gasteiger partial charge is 0.251 e. The number of nitrogens with one attached hydrogen (secondary N) is 3. The maximum Gasteiger partial charge on any atom is 0.251 e. The van der Waals surface area contributed by atoms with Crippen LogP contribution in [0.15, 0.2) is 41.6 Å². The molecule has 0 spiro atoms. The van der Waals surface area contributed by atoms with Crippen molar-refractivity contribution in [3.05, 3.63) is 53.0 Å². The fourth-order valence-corrected chi connectivity index (χ4v) is 7.31. The Balaban J connectivity index is 1.22. The highest BCUT2D eigenvalue weighted by Gasteiger charge is 2.48. The monoisotopic (exact) mass is 501 g/mol. The van der Waals surface area contributed by atoms with Gasteiger partial charge in [0.2, 0.25) is 5.91 Å². The van der Waals surface area contributed by atoms with Crippen molar-refractivity contribution in [2.75, 3.05) is 6.54 Å². The quantitative estimate of drug-likeness (QED) is 0.551. The van der Waals surface area contributed by atoms with Crippen molar-refractivity contribution in [1.82, 2.24) is 25.5 Å². The lowest BCUT2D eigenvalue weighted by atomic mass is 9.77. The van der Waals surface area contributed by atoms with Gasteiger partial charge in [-0.3, -0.25) is 9.59 Å². The summed E-state index contributed by atoms with van der Waals surface area (Å²) in [7, 11) is 0. The number of carbonyl (C=O) groups is 2. The van der Waals surface area contributed by atoms with Gasteiger partial charge in [0.15, 0.2) is 0 Å². The number of imidazole rings is 1. The zero-order chi connectivity index (χ0) is 25.5. The molecule has 2 aliphatic heterocycles. The Bertz CT molecular complexity index is 1260. The normalized spacial score (nSPS) is 29.1. The second-order valence-corrected chi connectivity index (χ2v) is 11.4. The molecule has 4 aliphatic rings. The molecule has 7 heteroatoms. The number of rotatable bonds is 5. The number of hydrogen-bond donors (Lipinski definition) is 3. The van der Waals surface area contributed by atoms with Crippen molar-refractivity contribution in [3.63, 3.8) is 0 Å². The second-order valence-electron chi connectivity index (χ2n) is 11.4. The summed E-state index contributed by atoms with van der Waals surface area (Å²) in [4.78, 5) is 37.4. The third kappa shape index (κ3) is 4.47. The molecule has 1 saturated heterocycles. The van der Waals surface area contributed by atoms with Gasteiger partial charge in [-0.25, -0.2) is 4.98 Å². The van der Waals surface area contributed by atoms with E-state index in [0.29, 0.717) is 17.5 Å². The van der Waals surface area contributed by atoms with Gasteiger partial charge in [0.1, 0.15) is 5.82 Å². The van der Waals surface area contributed by atoms with Crippen molar-refractivity contribution in [2.45, 2.75) is 89.8 Å². The lowest BCUT2D eigenvalue weighted by Crippen LogP contribution is -2.54. The van der Waals surface area contributed by atoms with Crippen LogP contribution in [0.5, 0.6) is 0 Å². The van der Waals surface area contributed by atoms with Gasteiger partial charge in [-0.05, 0) is 75.3 Å². The predicted octanol–water partition coefficient (Wildman–Crippen LogP) is 4.75. The molecule has 0 radical (unpaired) electrons. The molecule has 1 aromatic heterocycles. The Morgan fingerprint density at radius 2 is 2.05 bits per heavy atom. The molecule has 2 aliphatic carbocycles. The van der Waals surface area contributed by atoms with E-state index in [-0.39, 0.29) is 29.8 Å². The van der Waals surface area contributed by atoms with E-state index in [1.807, 2.05) is 25.1 Å². The van der Waals surface area contributed by atoms with Crippen molar-refractivity contribution < 1.29 is 9.59 Å². The number of aromatic nitrogens is 2. The summed E-state index contributed by atoms with van der Waals surface area (Å²) >= 11 is 0. The fraction of sp³-hybridized carbons (Fsp3) is 0.567. The van der Waals surface area contributed by atoms with Gasteiger partial charge in [0.25, 0.3) is 5.91 Å². The number of benzene rings is 1. The standard InChI is InChI=1S/C30H39N5O2/c1-3-8-23-21-15-16-35(28(21)20-9-4-6-11-24(20)33-23)30(37)22-10-5-7-12-25(22)34-29(36)19-13-14-26-27(17-19)32-18(2)31-26/h6,11,13-14,17,21-23,25,28,33H,3-5,7-10,12,15-16H2,1-2H3,(H,31,32)(H,34,36)/t21-,22+,23+,25-,28+/m1/s1. The number of aromatic amines is 1. The maximum absolute atomic E-state index is 14.2. The fourth-order valence-electron chi connectivity index (χ4n) is 7.31. The molecular formula is C30H39N5O2. The van der Waals surface area contributed by atoms with Crippen LogP contribution in [0.25, 0.3) is 11.0 Å². The minimum Gasteiger partial charge on any atom is -0.382 e. The largest absolute Gasteiger partial charge is 0.382 e. The molecule has 3 N–H and O–H groups in total. The van der Waals surface area contributed by atoms with Crippen LogP contribution in [0.4, 0.5) is 0 Å². The molecule has 2 amide bonds. The van der Waals surface area contributed by atoms with Gasteiger partial charge >= 0.3 is 0 Å². The van der Waals surface area contributed by atoms with Crippen molar-refractivity contribution >= 4 is 22.8 Å². The summed E-state index contributed by atoms with van der Waals surface area (Å²) in [5, 5.41) is 7.09. The Morgan fingerprint density at radius 3 is 2.92 bits per heavy atom. The summed E-state index contributed by atoms with van der Waals surface area (Å²) < 4.78 is 0. The summed E-state index contributed by atoms with van der Waals surface area (Å²) in [6.07, 6.45) is 13.7. The molecule has 0 unspecified atom stereocenters. The minimum absolute atomic E-state index is 0.106. The Morgan fingerprint density at radius 1 is 1.19 bits per heavy atom. The number of nitrogens with zero attached hydrogens (tertiary/aromatic N) is 2. The molecule has 0 bridgehead atoms. The summed E-state index contributed by atoms with van der Waals surface area (Å²) in [5.41, 5.74) is 5.01. The molecule has 37 heavy (non-hydrogen) atoms. The number of carbonyl (C=O) groups excluding carboxylic acids is 2. The van der Waals surface area contributed by atoms with Crippen LogP contribution in [-0.2, 0) is 4.79 Å². The number of allylic oxidation sites excluding steroid dienone is 2. The van der Waals surface area contributed by atoms with E-state index in [4.69, 9.17) is 0 Å². The summed E-state index contributed by atoms with van der Waals surface area (Å²) in [6, 6.07) is 6.08. The molecular weight excluding hydrogens is 462 g/mol. The van der Waals surface area contributed by atoms with Gasteiger partial charge in [-0.1, -0.05) is 32.3 Å². The zero-order valence-corrected chi connectivity index (χ0v) is 22.1. The first-order chi connectivity index (χ1) is 18.0. The number of amides is 2. The highest BCUT2D eigenvalue weighted by Crippen LogP contribution is 2.42. The van der Waals surface area contributed by atoms with E-state index in [1.54, 1.807) is 0 Å². The number of aryl methyl sites for hydroxylation is 1. The average Bonchev–Trinajstić information content (AvgIpc) is 3.52. The minimum atomic E-state index is -0.155. The first-order valence-corrected chi connectivity index (χ1v) is 14.3. The van der Waals surface area contributed by atoms with Crippen LogP contribution in [-0.4, -0.2) is 51.4 Å². The number of likely N-dealkylation sites (tertiary alicyclic amines) is 1. The van der Waals surface area contributed by atoms with Gasteiger partial charge < -0.3 is 20.5 Å². The van der Waals surface area contributed by atoms with Gasteiger partial charge in [0, 0.05) is 35.8 Å². The van der Waals surface area contributed by atoms with Gasteiger partial charge in [0.05, 0.1) is 23.0 Å². The zero-order valence-electron chi connectivity index (χ0n) is 22.1. The number of hydrogen-bond acceptors (Lipinski definition) is 4. The average molecular weight is 502 g/mol. The first kappa shape index (κ1) is 24.3. The van der Waals surface area contributed by atoms with Crippen LogP contribution in [0.3, 0.4) is 0 Å². The van der Waals surface area contributed by atoms with Crippen LogP contribution in [0.1, 0.15) is 80.9 Å². The Kier molecular flexibility index (Phi) is 6.55. The van der Waals surface area contributed by atoms with Crippen molar-refractivity contribution in [1.29, 1.82) is 0 Å². The van der Waals surface area contributed by atoms with Crippen molar-refractivity contribution in [3.8, 4) is 0 Å². The molecule has 196 valence electrons. The van der Waals surface area contributed by atoms with Crippen LogP contribution >= 0.6 is 0 Å². The van der Waals surface area contributed by atoms with E-state index in [9.17, 15) is 9.59 Å². The second kappa shape index (κ2) is 9.99. The van der Waals surface area contributed by atoms with Crippen molar-refractivity contribution in [2.24, 2.45) is 11.8 Å². The van der Waals surface area contributed by atoms with Crippen LogP contribution in [0.2, 0.25) is 0 Å². The third-order valence-corrected chi connectivity index (χ3v) is 9.02. The third-order valence-electron chi connectivity index (χ3n) is 9.02. The number of H-pyrrole nitrogens is 1. The van der Waals surface area contributed by atoms with E-state index in [1.165, 1.54) is 11.3 Å². The molecule has 1 saturated carbocycles. The Labute approximate surface area is 219 Å². The van der Waals surface area contributed by atoms with E-state index < -0.39 is 0 Å². The van der Waals surface area contributed by atoms with Crippen LogP contribution < -0.4 is 10.6 Å². The van der Waals surface area contributed by atoms with Gasteiger partial charge in [-0.15, -0.1) is 0 Å². The lowest BCUT2D eigenvalue weighted by molar-refractivity contribution is -0.138. The molecule has 7 nitrogen and oxygen atoms in total. The number of fused-ring (bicyclic) bond motifs is 3. The maximum atomic E-state index is 14.2. The van der Waals surface area contributed by atoms with Gasteiger partial charge in [-0.2, -0.15) is 0 Å². The highest BCUT2D eigenvalue weighted by atomic mass is 16.2. The Hall–Kier alpha value is -3.09. The molecule has 1 aromatic carbocycles.